The predicted octanol–water partition coefficient (Wildman–Crippen LogP) is 3.75. The first-order valence-corrected chi connectivity index (χ1v) is 8.05. The highest BCUT2D eigenvalue weighted by Gasteiger charge is 2.10. The van der Waals surface area contributed by atoms with Gasteiger partial charge in [-0.15, -0.1) is 0 Å². The lowest BCUT2D eigenvalue weighted by Gasteiger charge is -2.10. The third-order valence-electron chi connectivity index (χ3n) is 3.56. The predicted molar refractivity (Wildman–Crippen MR) is 93.7 cm³/mol. The largest absolute Gasteiger partial charge is 0.369 e. The number of carbonyl (C=O) groups is 1. The second-order valence-electron chi connectivity index (χ2n) is 5.86. The molecule has 2 rings (SSSR count). The number of hydrogen-bond acceptors (Lipinski definition) is 4. The summed E-state index contributed by atoms with van der Waals surface area (Å²) in [5.74, 6) is 1.09. The van der Waals surface area contributed by atoms with Gasteiger partial charge in [0.1, 0.15) is 11.5 Å². The molecule has 1 heterocycles. The maximum Gasteiger partial charge on any atom is 0.275 e. The van der Waals surface area contributed by atoms with Crippen LogP contribution in [0.25, 0.3) is 0 Å². The molecule has 2 aromatic rings. The molecule has 0 aliphatic carbocycles. The highest BCUT2D eigenvalue weighted by Crippen LogP contribution is 2.16. The van der Waals surface area contributed by atoms with Crippen LogP contribution in [0.2, 0.25) is 0 Å². The van der Waals surface area contributed by atoms with Gasteiger partial charge in [-0.05, 0) is 30.4 Å². The molecule has 0 saturated heterocycles. The number of anilines is 2. The first-order chi connectivity index (χ1) is 11.1. The van der Waals surface area contributed by atoms with Crippen molar-refractivity contribution in [3.63, 3.8) is 0 Å². The van der Waals surface area contributed by atoms with Crippen molar-refractivity contribution >= 4 is 17.4 Å². The number of para-hydroxylation sites is 1. The lowest BCUT2D eigenvalue weighted by molar-refractivity contribution is 0.102. The topological polar surface area (TPSA) is 66.9 Å². The van der Waals surface area contributed by atoms with Crippen molar-refractivity contribution in [2.45, 2.75) is 33.6 Å². The molecular formula is C18H24N4O. The summed E-state index contributed by atoms with van der Waals surface area (Å²) in [5, 5.41) is 6.10. The fourth-order valence-corrected chi connectivity index (χ4v) is 2.16. The van der Waals surface area contributed by atoms with Gasteiger partial charge in [0.05, 0.1) is 12.4 Å². The smallest absolute Gasteiger partial charge is 0.275 e. The Balaban J connectivity index is 1.97. The first kappa shape index (κ1) is 16.9. The first-order valence-electron chi connectivity index (χ1n) is 8.05. The molecule has 0 saturated carbocycles. The van der Waals surface area contributed by atoms with E-state index in [0.29, 0.717) is 17.4 Å². The minimum Gasteiger partial charge on any atom is -0.369 e. The molecule has 0 radical (unpaired) electrons. The van der Waals surface area contributed by atoms with E-state index in [2.05, 4.69) is 41.4 Å². The lowest BCUT2D eigenvalue weighted by atomic mass is 10.1. The van der Waals surface area contributed by atoms with Crippen LogP contribution in [-0.4, -0.2) is 22.4 Å². The molecule has 0 aliphatic rings. The molecule has 0 spiro atoms. The summed E-state index contributed by atoms with van der Waals surface area (Å²) in [6, 6.07) is 7.77. The van der Waals surface area contributed by atoms with E-state index >= 15 is 0 Å². The van der Waals surface area contributed by atoms with Crippen molar-refractivity contribution in [1.29, 1.82) is 0 Å². The van der Waals surface area contributed by atoms with Crippen LogP contribution in [0.5, 0.6) is 0 Å². The molecule has 122 valence electrons. The monoisotopic (exact) mass is 312 g/mol. The van der Waals surface area contributed by atoms with Gasteiger partial charge in [-0.3, -0.25) is 4.79 Å². The van der Waals surface area contributed by atoms with Crippen molar-refractivity contribution < 1.29 is 4.79 Å². The SMILES string of the molecule is CCc1ccccc1NC(=O)c1cnc(NCCC(C)C)cn1. The molecule has 1 aromatic carbocycles. The molecule has 1 aromatic heterocycles. The van der Waals surface area contributed by atoms with Crippen molar-refractivity contribution in [3.8, 4) is 0 Å². The van der Waals surface area contributed by atoms with Gasteiger partial charge in [0.25, 0.3) is 5.91 Å². The van der Waals surface area contributed by atoms with Gasteiger partial charge in [-0.1, -0.05) is 39.0 Å². The second kappa shape index (κ2) is 8.27. The van der Waals surface area contributed by atoms with Crippen molar-refractivity contribution in [3.05, 3.63) is 47.9 Å². The van der Waals surface area contributed by atoms with E-state index < -0.39 is 0 Å². The molecule has 0 bridgehead atoms. The van der Waals surface area contributed by atoms with E-state index in [1.165, 1.54) is 6.20 Å². The maximum absolute atomic E-state index is 12.3. The minimum atomic E-state index is -0.243. The molecule has 1 amide bonds. The number of hydrogen-bond donors (Lipinski definition) is 2. The van der Waals surface area contributed by atoms with E-state index in [1.807, 2.05) is 24.3 Å². The van der Waals surface area contributed by atoms with E-state index in [-0.39, 0.29) is 5.91 Å². The van der Waals surface area contributed by atoms with Gasteiger partial charge < -0.3 is 10.6 Å². The highest BCUT2D eigenvalue weighted by molar-refractivity contribution is 6.03. The van der Waals surface area contributed by atoms with Crippen LogP contribution < -0.4 is 10.6 Å². The molecular weight excluding hydrogens is 288 g/mol. The molecule has 0 unspecified atom stereocenters. The van der Waals surface area contributed by atoms with Gasteiger partial charge >= 0.3 is 0 Å². The number of rotatable bonds is 7. The molecule has 5 nitrogen and oxygen atoms in total. The Hall–Kier alpha value is -2.43. The summed E-state index contributed by atoms with van der Waals surface area (Å²) >= 11 is 0. The van der Waals surface area contributed by atoms with Crippen molar-refractivity contribution in [2.24, 2.45) is 5.92 Å². The number of aromatic nitrogens is 2. The van der Waals surface area contributed by atoms with E-state index in [0.717, 1.165) is 30.6 Å². The Morgan fingerprint density at radius 3 is 2.61 bits per heavy atom. The quantitative estimate of drug-likeness (QED) is 0.817. The summed E-state index contributed by atoms with van der Waals surface area (Å²) in [6.45, 7) is 7.26. The van der Waals surface area contributed by atoms with Crippen LogP contribution in [-0.2, 0) is 6.42 Å². The summed E-state index contributed by atoms with van der Waals surface area (Å²) in [4.78, 5) is 20.7. The lowest BCUT2D eigenvalue weighted by Crippen LogP contribution is -2.15. The molecule has 0 atom stereocenters. The zero-order valence-corrected chi connectivity index (χ0v) is 14.0. The van der Waals surface area contributed by atoms with Crippen LogP contribution >= 0.6 is 0 Å². The fraction of sp³-hybridized carbons (Fsp3) is 0.389. The zero-order valence-electron chi connectivity index (χ0n) is 14.0. The maximum atomic E-state index is 12.3. The second-order valence-corrected chi connectivity index (χ2v) is 5.86. The van der Waals surface area contributed by atoms with E-state index in [9.17, 15) is 4.79 Å². The highest BCUT2D eigenvalue weighted by atomic mass is 16.1. The third-order valence-corrected chi connectivity index (χ3v) is 3.56. The third kappa shape index (κ3) is 5.06. The Morgan fingerprint density at radius 2 is 1.96 bits per heavy atom. The van der Waals surface area contributed by atoms with Crippen molar-refractivity contribution in [1.82, 2.24) is 9.97 Å². The Morgan fingerprint density at radius 1 is 1.17 bits per heavy atom. The van der Waals surface area contributed by atoms with Crippen LogP contribution in [0.1, 0.15) is 43.2 Å². The Bertz CT molecular complexity index is 638. The van der Waals surface area contributed by atoms with E-state index in [1.54, 1.807) is 6.20 Å². The number of nitrogens with one attached hydrogen (secondary N) is 2. The average Bonchev–Trinajstić information content (AvgIpc) is 2.55. The standard InChI is InChI=1S/C18H24N4O/c1-4-14-7-5-6-8-15(14)22-18(23)16-11-21-17(12-20-16)19-10-9-13(2)3/h5-8,11-13H,4,9-10H2,1-3H3,(H,19,21)(H,22,23). The van der Waals surface area contributed by atoms with Gasteiger partial charge in [-0.25, -0.2) is 9.97 Å². The molecule has 0 aliphatic heterocycles. The number of nitrogens with zero attached hydrogens (tertiary/aromatic N) is 2. The Kier molecular flexibility index (Phi) is 6.09. The van der Waals surface area contributed by atoms with Gasteiger partial charge in [0.15, 0.2) is 0 Å². The molecule has 2 N–H and O–H groups in total. The summed E-state index contributed by atoms with van der Waals surface area (Å²) in [6.07, 6.45) is 5.03. The molecule has 23 heavy (non-hydrogen) atoms. The van der Waals surface area contributed by atoms with Crippen LogP contribution in [0.4, 0.5) is 11.5 Å². The number of benzene rings is 1. The van der Waals surface area contributed by atoms with Gasteiger partial charge in [0.2, 0.25) is 0 Å². The summed E-state index contributed by atoms with van der Waals surface area (Å²) < 4.78 is 0. The van der Waals surface area contributed by atoms with Crippen LogP contribution in [0.15, 0.2) is 36.7 Å². The molecule has 5 heteroatoms. The van der Waals surface area contributed by atoms with E-state index in [4.69, 9.17) is 0 Å². The number of aryl methyl sites for hydroxylation is 1. The van der Waals surface area contributed by atoms with Crippen molar-refractivity contribution in [2.75, 3.05) is 17.2 Å². The van der Waals surface area contributed by atoms with Crippen LogP contribution in [0, 0.1) is 5.92 Å². The summed E-state index contributed by atoms with van der Waals surface area (Å²) in [7, 11) is 0. The number of carbonyl (C=O) groups excluding carboxylic acids is 1. The normalized spacial score (nSPS) is 10.6. The van der Waals surface area contributed by atoms with Crippen LogP contribution in [0.3, 0.4) is 0 Å². The van der Waals surface area contributed by atoms with Gasteiger partial charge in [0, 0.05) is 12.2 Å². The molecule has 0 fully saturated rings. The minimum absolute atomic E-state index is 0.243. The van der Waals surface area contributed by atoms with Gasteiger partial charge in [-0.2, -0.15) is 0 Å². The fourth-order valence-electron chi connectivity index (χ4n) is 2.16. The summed E-state index contributed by atoms with van der Waals surface area (Å²) in [5.41, 5.74) is 2.23. The number of amides is 1. The average molecular weight is 312 g/mol. The Labute approximate surface area is 137 Å². The zero-order chi connectivity index (χ0) is 16.7.